The minimum atomic E-state index is -0.517. The molecule has 41 heavy (non-hydrogen) atoms. The fraction of sp³-hybridized carbons (Fsp3) is 0.242. The molecule has 4 aromatic rings. The van der Waals surface area contributed by atoms with E-state index in [1.165, 1.54) is 12.1 Å². The molecule has 0 aliphatic carbocycles. The van der Waals surface area contributed by atoms with E-state index in [2.05, 4.69) is 4.90 Å². The second-order valence-electron chi connectivity index (χ2n) is 9.85. The second-order valence-corrected chi connectivity index (χ2v) is 9.85. The summed E-state index contributed by atoms with van der Waals surface area (Å²) in [7, 11) is 0. The standard InChI is InChI=1S/C33H33N3O5/c1-3-19-41-30-18-15-26(20-31(30)40-4-2)32-34(22-24-11-7-5-8-12-24)29-17-16-27(36(38)39)21-28(29)33(37)35(32)23-25-13-9-6-10-14-25/h5-18,20-21,32H,3-4,19,22-23H2,1-2H3/t32-/m0/s1. The van der Waals surface area contributed by atoms with Crippen LogP contribution in [0, 0.1) is 10.1 Å². The van der Waals surface area contributed by atoms with Crippen LogP contribution in [0.3, 0.4) is 0 Å². The molecule has 0 N–H and O–H groups in total. The van der Waals surface area contributed by atoms with E-state index in [1.54, 1.807) is 11.0 Å². The number of non-ortho nitro benzene ring substituents is 1. The first kappa shape index (κ1) is 27.7. The van der Waals surface area contributed by atoms with Gasteiger partial charge in [0.2, 0.25) is 0 Å². The van der Waals surface area contributed by atoms with Crippen LogP contribution < -0.4 is 14.4 Å². The number of fused-ring (bicyclic) bond motifs is 1. The van der Waals surface area contributed by atoms with E-state index in [1.807, 2.05) is 92.7 Å². The van der Waals surface area contributed by atoms with Gasteiger partial charge in [0.05, 0.1) is 29.4 Å². The monoisotopic (exact) mass is 551 g/mol. The maximum absolute atomic E-state index is 14.2. The summed E-state index contributed by atoms with van der Waals surface area (Å²) in [6.07, 6.45) is 0.347. The van der Waals surface area contributed by atoms with Gasteiger partial charge in [-0.05, 0) is 48.2 Å². The summed E-state index contributed by atoms with van der Waals surface area (Å²) in [4.78, 5) is 29.3. The number of amides is 1. The van der Waals surface area contributed by atoms with Gasteiger partial charge in [-0.15, -0.1) is 0 Å². The highest BCUT2D eigenvalue weighted by molar-refractivity contribution is 6.02. The minimum absolute atomic E-state index is 0.120. The Hall–Kier alpha value is -4.85. The average Bonchev–Trinajstić information content (AvgIpc) is 3.00. The SMILES string of the molecule is CCCOc1ccc([C@@H]2N(Cc3ccccc3)C(=O)c3cc([N+](=O)[O-])ccc3N2Cc2ccccc2)cc1OCC. The van der Waals surface area contributed by atoms with Gasteiger partial charge in [0, 0.05) is 25.2 Å². The van der Waals surface area contributed by atoms with E-state index in [-0.39, 0.29) is 11.6 Å². The van der Waals surface area contributed by atoms with E-state index in [0.717, 1.165) is 23.1 Å². The summed E-state index contributed by atoms with van der Waals surface area (Å²) in [5.41, 5.74) is 3.67. The average molecular weight is 552 g/mol. The molecule has 4 aromatic carbocycles. The van der Waals surface area contributed by atoms with Crippen molar-refractivity contribution in [2.75, 3.05) is 18.1 Å². The molecule has 0 aromatic heterocycles. The van der Waals surface area contributed by atoms with Gasteiger partial charge in [-0.3, -0.25) is 14.9 Å². The number of nitrogens with zero attached hydrogens (tertiary/aromatic N) is 3. The fourth-order valence-electron chi connectivity index (χ4n) is 5.16. The van der Waals surface area contributed by atoms with Crippen molar-refractivity contribution in [1.82, 2.24) is 4.90 Å². The Labute approximate surface area is 239 Å². The number of benzene rings is 4. The second kappa shape index (κ2) is 12.6. The summed E-state index contributed by atoms with van der Waals surface area (Å²) in [6.45, 7) is 5.79. The first-order chi connectivity index (χ1) is 20.0. The smallest absolute Gasteiger partial charge is 0.270 e. The lowest BCUT2D eigenvalue weighted by molar-refractivity contribution is -0.384. The molecule has 8 nitrogen and oxygen atoms in total. The predicted octanol–water partition coefficient (Wildman–Crippen LogP) is 7.14. The first-order valence-corrected chi connectivity index (χ1v) is 13.8. The van der Waals surface area contributed by atoms with Crippen molar-refractivity contribution in [2.24, 2.45) is 0 Å². The Kier molecular flexibility index (Phi) is 8.48. The van der Waals surface area contributed by atoms with Crippen molar-refractivity contribution in [3.8, 4) is 11.5 Å². The zero-order valence-corrected chi connectivity index (χ0v) is 23.2. The lowest BCUT2D eigenvalue weighted by Crippen LogP contribution is -2.48. The molecule has 0 saturated carbocycles. The van der Waals surface area contributed by atoms with Gasteiger partial charge in [0.25, 0.3) is 11.6 Å². The topological polar surface area (TPSA) is 85.1 Å². The summed E-state index contributed by atoms with van der Waals surface area (Å²) in [6, 6.07) is 30.1. The number of nitro benzene ring substituents is 1. The highest BCUT2D eigenvalue weighted by atomic mass is 16.6. The number of carbonyl (C=O) groups excluding carboxylic acids is 1. The number of carbonyl (C=O) groups is 1. The van der Waals surface area contributed by atoms with Gasteiger partial charge in [-0.25, -0.2) is 0 Å². The van der Waals surface area contributed by atoms with Crippen LogP contribution in [-0.2, 0) is 13.1 Å². The third kappa shape index (κ3) is 6.01. The van der Waals surface area contributed by atoms with Crippen molar-refractivity contribution in [3.63, 3.8) is 0 Å². The van der Waals surface area contributed by atoms with Crippen LogP contribution >= 0.6 is 0 Å². The Bertz CT molecular complexity index is 1510. The molecule has 0 saturated heterocycles. The molecule has 0 spiro atoms. The third-order valence-corrected chi connectivity index (χ3v) is 7.00. The normalized spacial score (nSPS) is 14.5. The molecule has 1 amide bonds. The van der Waals surface area contributed by atoms with Crippen LogP contribution in [0.25, 0.3) is 0 Å². The van der Waals surface area contributed by atoms with Crippen molar-refractivity contribution >= 4 is 17.3 Å². The summed E-state index contributed by atoms with van der Waals surface area (Å²) < 4.78 is 11.9. The van der Waals surface area contributed by atoms with Gasteiger partial charge in [0.1, 0.15) is 6.17 Å². The zero-order valence-electron chi connectivity index (χ0n) is 23.2. The molecule has 1 atom stereocenters. The van der Waals surface area contributed by atoms with E-state index in [9.17, 15) is 14.9 Å². The highest BCUT2D eigenvalue weighted by Crippen LogP contribution is 2.43. The van der Waals surface area contributed by atoms with Crippen LogP contribution in [0.4, 0.5) is 11.4 Å². The van der Waals surface area contributed by atoms with E-state index in [4.69, 9.17) is 9.47 Å². The number of ether oxygens (including phenoxy) is 2. The summed E-state index contributed by atoms with van der Waals surface area (Å²) in [5.74, 6) is 0.991. The molecule has 0 fully saturated rings. The molecule has 0 radical (unpaired) electrons. The quantitative estimate of drug-likeness (QED) is 0.145. The van der Waals surface area contributed by atoms with Crippen molar-refractivity contribution in [2.45, 2.75) is 39.5 Å². The summed E-state index contributed by atoms with van der Waals surface area (Å²) >= 11 is 0. The van der Waals surface area contributed by atoms with Crippen LogP contribution in [-0.4, -0.2) is 28.9 Å². The molecule has 1 heterocycles. The van der Waals surface area contributed by atoms with Crippen molar-refractivity contribution < 1.29 is 19.2 Å². The van der Waals surface area contributed by atoms with Crippen LogP contribution in [0.5, 0.6) is 11.5 Å². The molecule has 210 valence electrons. The maximum Gasteiger partial charge on any atom is 0.270 e. The van der Waals surface area contributed by atoms with Crippen LogP contribution in [0.2, 0.25) is 0 Å². The maximum atomic E-state index is 14.2. The molecule has 1 aliphatic heterocycles. The summed E-state index contributed by atoms with van der Waals surface area (Å²) in [5, 5.41) is 11.7. The van der Waals surface area contributed by atoms with Gasteiger partial charge >= 0.3 is 0 Å². The fourth-order valence-corrected chi connectivity index (χ4v) is 5.16. The Morgan fingerprint density at radius 2 is 1.44 bits per heavy atom. The molecule has 0 bridgehead atoms. The number of rotatable bonds is 11. The lowest BCUT2D eigenvalue weighted by atomic mass is 9.98. The number of nitro groups is 1. The van der Waals surface area contributed by atoms with Crippen LogP contribution in [0.1, 0.15) is 53.5 Å². The van der Waals surface area contributed by atoms with Crippen molar-refractivity contribution in [3.05, 3.63) is 129 Å². The first-order valence-electron chi connectivity index (χ1n) is 13.8. The number of hydrogen-bond donors (Lipinski definition) is 0. The molecular formula is C33H33N3O5. The molecule has 1 aliphatic rings. The predicted molar refractivity (Wildman–Crippen MR) is 158 cm³/mol. The Morgan fingerprint density at radius 1 is 0.780 bits per heavy atom. The molecule has 0 unspecified atom stereocenters. The largest absolute Gasteiger partial charge is 0.490 e. The minimum Gasteiger partial charge on any atom is -0.490 e. The molecule has 8 heteroatoms. The van der Waals surface area contributed by atoms with Gasteiger partial charge in [-0.1, -0.05) is 73.7 Å². The number of hydrogen-bond acceptors (Lipinski definition) is 6. The van der Waals surface area contributed by atoms with Gasteiger partial charge in [-0.2, -0.15) is 0 Å². The third-order valence-electron chi connectivity index (χ3n) is 7.00. The molecular weight excluding hydrogens is 518 g/mol. The lowest BCUT2D eigenvalue weighted by Gasteiger charge is -2.46. The van der Waals surface area contributed by atoms with E-state index < -0.39 is 11.1 Å². The van der Waals surface area contributed by atoms with Gasteiger partial charge < -0.3 is 19.3 Å². The van der Waals surface area contributed by atoms with Gasteiger partial charge in [0.15, 0.2) is 11.5 Å². The van der Waals surface area contributed by atoms with Crippen LogP contribution in [0.15, 0.2) is 97.1 Å². The Balaban J connectivity index is 1.69. The zero-order chi connectivity index (χ0) is 28.8. The Morgan fingerprint density at radius 3 is 2.05 bits per heavy atom. The van der Waals surface area contributed by atoms with Crippen molar-refractivity contribution in [1.29, 1.82) is 0 Å². The molecule has 5 rings (SSSR count). The highest BCUT2D eigenvalue weighted by Gasteiger charge is 2.40. The van der Waals surface area contributed by atoms with E-state index in [0.29, 0.717) is 49.1 Å². The van der Waals surface area contributed by atoms with E-state index >= 15 is 0 Å². The number of anilines is 1.